The number of ether oxygens (including phenoxy) is 6. The number of rotatable bonds is 16. The molecule has 3 aromatic carbocycles. The maximum Gasteiger partial charge on any atom is 0.314 e. The maximum absolute atomic E-state index is 13.7. The quantitative estimate of drug-likeness (QED) is 0.114. The van der Waals surface area contributed by atoms with Crippen LogP contribution in [0.3, 0.4) is 0 Å². The monoisotopic (exact) mass is 695 g/mol. The molecule has 0 aromatic heterocycles. The van der Waals surface area contributed by atoms with E-state index in [2.05, 4.69) is 4.84 Å². The van der Waals surface area contributed by atoms with Crippen molar-refractivity contribution < 1.29 is 47.9 Å². The molecule has 0 aliphatic carbocycles. The number of fused-ring (bicyclic) bond motifs is 1. The molecular formula is C37H42ClNO10. The molecule has 11 nitrogen and oxygen atoms in total. The number of carbonyl (C=O) groups excluding carboxylic acids is 3. The zero-order chi connectivity index (χ0) is 35.7. The summed E-state index contributed by atoms with van der Waals surface area (Å²) < 4.78 is 34.0. The Morgan fingerprint density at radius 3 is 2.22 bits per heavy atom. The molecule has 0 saturated carbocycles. The molecule has 1 heterocycles. The molecule has 2 N–H and O–H groups in total. The van der Waals surface area contributed by atoms with E-state index in [1.165, 1.54) is 34.5 Å². The van der Waals surface area contributed by atoms with Crippen LogP contribution in [-0.4, -0.2) is 69.8 Å². The second-order valence-electron chi connectivity index (χ2n) is 12.0. The van der Waals surface area contributed by atoms with Crippen LogP contribution >= 0.6 is 11.8 Å². The zero-order valence-corrected chi connectivity index (χ0v) is 29.2. The molecule has 1 aliphatic heterocycles. The van der Waals surface area contributed by atoms with Gasteiger partial charge in [0.15, 0.2) is 41.2 Å². The van der Waals surface area contributed by atoms with E-state index in [0.717, 1.165) is 5.56 Å². The molecule has 0 radical (unpaired) electrons. The van der Waals surface area contributed by atoms with Crippen molar-refractivity contribution in [3.8, 4) is 34.5 Å². The number of hydrogen-bond donors (Lipinski definition) is 2. The van der Waals surface area contributed by atoms with Crippen LogP contribution in [0.15, 0.2) is 60.7 Å². The van der Waals surface area contributed by atoms with E-state index in [-0.39, 0.29) is 47.7 Å². The number of methoxy groups -OCH3 is 4. The lowest BCUT2D eigenvalue weighted by Crippen LogP contribution is -2.43. The lowest BCUT2D eigenvalue weighted by molar-refractivity contribution is -0.143. The number of benzene rings is 3. The van der Waals surface area contributed by atoms with Crippen molar-refractivity contribution in [1.82, 2.24) is 4.84 Å². The van der Waals surface area contributed by atoms with Gasteiger partial charge in [-0.1, -0.05) is 50.2 Å². The van der Waals surface area contributed by atoms with E-state index >= 15 is 0 Å². The average molecular weight is 696 g/mol. The minimum Gasteiger partial charge on any atom is -0.493 e. The molecule has 262 valence electrons. The fourth-order valence-corrected chi connectivity index (χ4v) is 5.95. The minimum absolute atomic E-state index is 0.0302. The highest BCUT2D eigenvalue weighted by molar-refractivity contribution is 6.13. The van der Waals surface area contributed by atoms with Gasteiger partial charge in [0, 0.05) is 12.0 Å². The summed E-state index contributed by atoms with van der Waals surface area (Å²) in [5.41, 5.74) is 2.32. The number of aliphatic hydroxyl groups is 1. The van der Waals surface area contributed by atoms with E-state index in [0.29, 0.717) is 41.0 Å². The Labute approximate surface area is 291 Å². The number of ketones is 2. The first-order chi connectivity index (χ1) is 23.5. The first-order valence-corrected chi connectivity index (χ1v) is 16.1. The van der Waals surface area contributed by atoms with Crippen LogP contribution in [-0.2, 0) is 20.8 Å². The largest absolute Gasteiger partial charge is 0.493 e. The van der Waals surface area contributed by atoms with Gasteiger partial charge in [0.1, 0.15) is 6.10 Å². The van der Waals surface area contributed by atoms with Crippen molar-refractivity contribution in [3.05, 3.63) is 77.4 Å². The van der Waals surface area contributed by atoms with Crippen LogP contribution in [0, 0.1) is 11.8 Å². The fraction of sp³-hybridized carbons (Fsp3) is 0.378. The summed E-state index contributed by atoms with van der Waals surface area (Å²) >= 11 is 5.94. The molecule has 4 rings (SSSR count). The fourth-order valence-electron chi connectivity index (χ4n) is 5.75. The van der Waals surface area contributed by atoms with Gasteiger partial charge in [-0.3, -0.25) is 14.4 Å². The van der Waals surface area contributed by atoms with Crippen LogP contribution in [0.4, 0.5) is 0 Å². The lowest BCUT2D eigenvalue weighted by Gasteiger charge is -2.23. The van der Waals surface area contributed by atoms with E-state index in [9.17, 15) is 19.5 Å². The second-order valence-corrected chi connectivity index (χ2v) is 12.2. The molecular weight excluding hydrogens is 654 g/mol. The van der Waals surface area contributed by atoms with E-state index in [1.54, 1.807) is 24.3 Å². The van der Waals surface area contributed by atoms with Gasteiger partial charge in [-0.15, -0.1) is 0 Å². The molecule has 3 aromatic rings. The molecule has 0 fully saturated rings. The smallest absolute Gasteiger partial charge is 0.314 e. The average Bonchev–Trinajstić information content (AvgIpc) is 3.27. The van der Waals surface area contributed by atoms with Crippen LogP contribution in [0.2, 0.25) is 0 Å². The Bertz CT molecular complexity index is 1670. The van der Waals surface area contributed by atoms with Crippen molar-refractivity contribution in [1.29, 1.82) is 0 Å². The Morgan fingerprint density at radius 1 is 0.918 bits per heavy atom. The summed E-state index contributed by atoms with van der Waals surface area (Å²) in [4.78, 5) is 42.5. The highest BCUT2D eigenvalue weighted by Gasteiger charge is 2.33. The van der Waals surface area contributed by atoms with Crippen LogP contribution < -0.4 is 33.3 Å². The highest BCUT2D eigenvalue weighted by atomic mass is 35.5. The number of hydrogen-bond acceptors (Lipinski definition) is 11. The van der Waals surface area contributed by atoms with Crippen molar-refractivity contribution in [3.63, 3.8) is 0 Å². The molecule has 49 heavy (non-hydrogen) atoms. The Hall–Kier alpha value is -4.58. The van der Waals surface area contributed by atoms with Crippen LogP contribution in [0.5, 0.6) is 34.5 Å². The van der Waals surface area contributed by atoms with Crippen molar-refractivity contribution in [2.75, 3.05) is 35.0 Å². The lowest BCUT2D eigenvalue weighted by atomic mass is 9.89. The molecule has 0 spiro atoms. The summed E-state index contributed by atoms with van der Waals surface area (Å²) in [7, 11) is 5.83. The first kappa shape index (κ1) is 37.2. The second kappa shape index (κ2) is 17.2. The van der Waals surface area contributed by atoms with Gasteiger partial charge < -0.3 is 33.5 Å². The number of halogens is 1. The maximum atomic E-state index is 13.7. The number of nitrogens with one attached hydrogen (secondary N) is 1. The number of carbonyl (C=O) groups is 3. The van der Waals surface area contributed by atoms with Gasteiger partial charge in [-0.25, -0.2) is 4.84 Å². The van der Waals surface area contributed by atoms with Gasteiger partial charge in [0.2, 0.25) is 11.5 Å². The predicted molar refractivity (Wildman–Crippen MR) is 184 cm³/mol. The SMILES string of the molecule is COc1ccc(C2=CC(=O)COc3c2cc(OC)c(OC)c3OC)cc1OC(=O)C(CC(=O)C(O)C(Cc1ccccc1)NCl)CC(C)C. The summed E-state index contributed by atoms with van der Waals surface area (Å²) in [6.45, 7) is 3.60. The van der Waals surface area contributed by atoms with E-state index in [1.807, 2.05) is 44.2 Å². The third-order valence-electron chi connectivity index (χ3n) is 8.11. The molecule has 3 unspecified atom stereocenters. The van der Waals surface area contributed by atoms with Crippen LogP contribution in [0.1, 0.15) is 43.4 Å². The zero-order valence-electron chi connectivity index (χ0n) is 28.4. The normalized spacial score (nSPS) is 14.4. The number of Topliss-reactive ketones (excluding diaryl/α,β-unsaturated/α-hetero) is 1. The Kier molecular flexibility index (Phi) is 13.1. The molecule has 1 aliphatic rings. The van der Waals surface area contributed by atoms with Gasteiger partial charge in [-0.2, -0.15) is 0 Å². The van der Waals surface area contributed by atoms with Crippen molar-refractivity contribution >= 4 is 34.9 Å². The molecule has 0 bridgehead atoms. The molecule has 3 atom stereocenters. The summed E-state index contributed by atoms with van der Waals surface area (Å²) in [6.07, 6.45) is 0.326. The molecule has 0 saturated heterocycles. The first-order valence-electron chi connectivity index (χ1n) is 15.8. The van der Waals surface area contributed by atoms with E-state index in [4.69, 9.17) is 40.2 Å². The number of aliphatic hydroxyl groups excluding tert-OH is 1. The molecule has 0 amide bonds. The van der Waals surface area contributed by atoms with Gasteiger partial charge in [-0.05, 0) is 71.5 Å². The Morgan fingerprint density at radius 2 is 1.61 bits per heavy atom. The highest BCUT2D eigenvalue weighted by Crippen LogP contribution is 2.50. The minimum atomic E-state index is -1.47. The standard InChI is InChI=1S/C37H42ClNO10/c1-21(2)14-24(16-29(41)33(42)28(39-38)15-22-10-8-7-9-11-22)37(43)49-31-17-23(12-13-30(31)44-3)26-18-25(40)20-48-34-27(26)19-32(45-4)35(46-5)36(34)47-6/h7-13,17-19,21,24,28,33,39,42H,14-16,20H2,1-6H3. The topological polar surface area (TPSA) is 139 Å². The van der Waals surface area contributed by atoms with Gasteiger partial charge in [0.05, 0.1) is 40.4 Å². The third kappa shape index (κ3) is 8.91. The molecule has 12 heteroatoms. The summed E-state index contributed by atoms with van der Waals surface area (Å²) in [5.74, 6) is -0.890. The van der Waals surface area contributed by atoms with Crippen molar-refractivity contribution in [2.24, 2.45) is 11.8 Å². The number of esters is 1. The predicted octanol–water partition coefficient (Wildman–Crippen LogP) is 5.36. The van der Waals surface area contributed by atoms with Crippen molar-refractivity contribution in [2.45, 2.75) is 45.3 Å². The van der Waals surface area contributed by atoms with Crippen LogP contribution in [0.25, 0.3) is 5.57 Å². The third-order valence-corrected chi connectivity index (χ3v) is 8.39. The summed E-state index contributed by atoms with van der Waals surface area (Å²) in [5, 5.41) is 11.0. The Balaban J connectivity index is 1.65. The van der Waals surface area contributed by atoms with E-state index < -0.39 is 29.8 Å². The summed E-state index contributed by atoms with van der Waals surface area (Å²) in [6, 6.07) is 15.1. The van der Waals surface area contributed by atoms with Gasteiger partial charge in [0.25, 0.3) is 0 Å². The van der Waals surface area contributed by atoms with Gasteiger partial charge >= 0.3 is 5.97 Å².